The lowest BCUT2D eigenvalue weighted by Crippen LogP contribution is -2.46. The van der Waals surface area contributed by atoms with Crippen molar-refractivity contribution in [2.45, 2.75) is 18.6 Å². The minimum absolute atomic E-state index is 0.277. The van der Waals surface area contributed by atoms with Crippen LogP contribution in [0.5, 0.6) is 0 Å². The van der Waals surface area contributed by atoms with E-state index in [4.69, 9.17) is 0 Å². The lowest BCUT2D eigenvalue weighted by atomic mass is 10.0. The molecule has 6 rings (SSSR count). The van der Waals surface area contributed by atoms with Crippen LogP contribution in [0.15, 0.2) is 54.4 Å². The molecule has 2 N–H and O–H groups in total. The lowest BCUT2D eigenvalue weighted by molar-refractivity contribution is 0.149. The van der Waals surface area contributed by atoms with Crippen LogP contribution in [0.2, 0.25) is 0 Å². The van der Waals surface area contributed by atoms with E-state index in [9.17, 15) is 4.39 Å². The number of nitrogens with zero attached hydrogens (tertiary/aromatic N) is 6. The van der Waals surface area contributed by atoms with E-state index in [0.29, 0.717) is 12.4 Å². The Morgan fingerprint density at radius 2 is 1.97 bits per heavy atom. The van der Waals surface area contributed by atoms with Crippen molar-refractivity contribution in [2.75, 3.05) is 30.8 Å². The molecule has 8 nitrogen and oxygen atoms in total. The van der Waals surface area contributed by atoms with Crippen LogP contribution in [0.1, 0.15) is 6.42 Å². The number of hydrogen-bond acceptors (Lipinski definition) is 8. The number of likely N-dealkylation sites (tertiary alicyclic amines) is 1. The molecule has 0 amide bonds. The molecule has 2 atom stereocenters. The largest absolute Gasteiger partial charge is 0.379 e. The van der Waals surface area contributed by atoms with Gasteiger partial charge in [-0.25, -0.2) is 19.3 Å². The third-order valence-corrected chi connectivity index (χ3v) is 7.24. The number of anilines is 3. The van der Waals surface area contributed by atoms with Crippen LogP contribution >= 0.6 is 11.3 Å². The van der Waals surface area contributed by atoms with Gasteiger partial charge in [0.05, 0.1) is 33.0 Å². The number of benzene rings is 2. The van der Waals surface area contributed by atoms with Crippen molar-refractivity contribution in [3.05, 3.63) is 54.4 Å². The fourth-order valence-electron chi connectivity index (χ4n) is 4.58. The summed E-state index contributed by atoms with van der Waals surface area (Å²) < 4.78 is 17.8. The van der Waals surface area contributed by atoms with Gasteiger partial charge in [-0.15, -0.1) is 11.3 Å². The number of piperidine rings is 1. The van der Waals surface area contributed by atoms with Gasteiger partial charge in [0, 0.05) is 48.7 Å². The number of alkyl halides is 1. The van der Waals surface area contributed by atoms with Crippen molar-refractivity contribution in [1.82, 2.24) is 29.6 Å². The summed E-state index contributed by atoms with van der Waals surface area (Å²) in [5.41, 5.74) is 7.04. The number of nitrogens with one attached hydrogen (secondary N) is 2. The van der Waals surface area contributed by atoms with Crippen LogP contribution in [-0.4, -0.2) is 62.0 Å². The van der Waals surface area contributed by atoms with Crippen molar-refractivity contribution in [3.8, 4) is 11.3 Å². The topological polar surface area (TPSA) is 83.8 Å². The van der Waals surface area contributed by atoms with Gasteiger partial charge in [-0.2, -0.15) is 5.10 Å². The zero-order valence-electron chi connectivity index (χ0n) is 19.4. The first-order valence-electron chi connectivity index (χ1n) is 11.5. The molecular formula is C25H25FN8S. The average molecular weight is 489 g/mol. The number of hydrogen-bond donors (Lipinski definition) is 2. The molecule has 4 heterocycles. The zero-order chi connectivity index (χ0) is 23.9. The maximum absolute atomic E-state index is 14.9. The molecular weight excluding hydrogens is 463 g/mol. The van der Waals surface area contributed by atoms with Crippen LogP contribution in [-0.2, 0) is 7.05 Å². The molecule has 0 unspecified atom stereocenters. The Morgan fingerprint density at radius 1 is 1.06 bits per heavy atom. The highest BCUT2D eigenvalue weighted by molar-refractivity contribution is 7.16. The van der Waals surface area contributed by atoms with Gasteiger partial charge >= 0.3 is 0 Å². The molecule has 178 valence electrons. The first-order valence-corrected chi connectivity index (χ1v) is 12.4. The molecule has 0 aliphatic carbocycles. The Labute approximate surface area is 205 Å². The third-order valence-electron chi connectivity index (χ3n) is 6.44. The van der Waals surface area contributed by atoms with E-state index in [1.54, 1.807) is 22.3 Å². The summed E-state index contributed by atoms with van der Waals surface area (Å²) in [6.07, 6.45) is 3.22. The van der Waals surface area contributed by atoms with Crippen molar-refractivity contribution in [2.24, 2.45) is 7.05 Å². The highest BCUT2D eigenvalue weighted by atomic mass is 32.1. The van der Waals surface area contributed by atoms with Gasteiger partial charge in [0.25, 0.3) is 0 Å². The van der Waals surface area contributed by atoms with Gasteiger partial charge in [0.1, 0.15) is 18.3 Å². The number of rotatable bonds is 5. The van der Waals surface area contributed by atoms with E-state index in [2.05, 4.69) is 36.8 Å². The molecule has 1 aliphatic rings. The average Bonchev–Trinajstić information content (AvgIpc) is 3.49. The van der Waals surface area contributed by atoms with Crippen LogP contribution in [0.3, 0.4) is 0 Å². The van der Waals surface area contributed by atoms with Crippen LogP contribution in [0.25, 0.3) is 32.4 Å². The number of aryl methyl sites for hydroxylation is 1. The Hall–Kier alpha value is -3.63. The predicted molar refractivity (Wildman–Crippen MR) is 139 cm³/mol. The number of thiazole rings is 1. The second-order valence-electron chi connectivity index (χ2n) is 8.99. The zero-order valence-corrected chi connectivity index (χ0v) is 20.3. The number of halogens is 1. The summed E-state index contributed by atoms with van der Waals surface area (Å²) in [5.74, 6) is 0.690. The Balaban J connectivity index is 1.42. The first-order chi connectivity index (χ1) is 17.0. The monoisotopic (exact) mass is 488 g/mol. The second kappa shape index (κ2) is 8.86. The normalized spacial score (nSPS) is 18.8. The van der Waals surface area contributed by atoms with Crippen molar-refractivity contribution in [1.29, 1.82) is 0 Å². The van der Waals surface area contributed by atoms with Crippen molar-refractivity contribution < 1.29 is 4.39 Å². The molecule has 0 bridgehead atoms. The van der Waals surface area contributed by atoms with Crippen LogP contribution in [0.4, 0.5) is 21.6 Å². The molecule has 35 heavy (non-hydrogen) atoms. The van der Waals surface area contributed by atoms with E-state index in [0.717, 1.165) is 56.7 Å². The SMILES string of the molecule is CN1CC[C@H](Nc2cc3c(Nc4ccc5ncsc5c4)ncnc3cc2-c2ccn(C)n2)[C@H](F)C1. The fraction of sp³-hybridized carbons (Fsp3) is 0.280. The van der Waals surface area contributed by atoms with Crippen LogP contribution in [0, 0.1) is 0 Å². The van der Waals surface area contributed by atoms with Gasteiger partial charge in [-0.1, -0.05) is 0 Å². The quantitative estimate of drug-likeness (QED) is 0.366. The van der Waals surface area contributed by atoms with Crippen molar-refractivity contribution >= 4 is 49.6 Å². The van der Waals surface area contributed by atoms with E-state index >= 15 is 0 Å². The number of aromatic nitrogens is 5. The van der Waals surface area contributed by atoms with E-state index in [-0.39, 0.29) is 6.04 Å². The molecule has 0 radical (unpaired) electrons. The lowest BCUT2D eigenvalue weighted by Gasteiger charge is -2.33. The fourth-order valence-corrected chi connectivity index (χ4v) is 5.30. The summed E-state index contributed by atoms with van der Waals surface area (Å²) in [7, 11) is 3.84. The van der Waals surface area contributed by atoms with Gasteiger partial charge < -0.3 is 15.5 Å². The van der Waals surface area contributed by atoms with Crippen LogP contribution < -0.4 is 10.6 Å². The predicted octanol–water partition coefficient (Wildman–Crippen LogP) is 4.84. The third kappa shape index (κ3) is 4.30. The Kier molecular flexibility index (Phi) is 5.54. The summed E-state index contributed by atoms with van der Waals surface area (Å²) in [6, 6.07) is 11.7. The summed E-state index contributed by atoms with van der Waals surface area (Å²) in [6.45, 7) is 1.26. The highest BCUT2D eigenvalue weighted by Gasteiger charge is 2.28. The molecule has 1 aliphatic heterocycles. The summed E-state index contributed by atoms with van der Waals surface area (Å²) in [4.78, 5) is 15.4. The number of fused-ring (bicyclic) bond motifs is 2. The minimum atomic E-state index is -0.961. The summed E-state index contributed by atoms with van der Waals surface area (Å²) >= 11 is 1.60. The Morgan fingerprint density at radius 3 is 2.80 bits per heavy atom. The smallest absolute Gasteiger partial charge is 0.141 e. The molecule has 0 saturated carbocycles. The molecule has 1 fully saturated rings. The van der Waals surface area contributed by atoms with Gasteiger partial charge in [0.2, 0.25) is 0 Å². The molecule has 2 aromatic carbocycles. The summed E-state index contributed by atoms with van der Waals surface area (Å²) in [5, 5.41) is 12.4. The molecule has 3 aromatic heterocycles. The van der Waals surface area contributed by atoms with E-state index in [1.807, 2.05) is 61.0 Å². The molecule has 1 saturated heterocycles. The van der Waals surface area contributed by atoms with Gasteiger partial charge in [-0.3, -0.25) is 4.68 Å². The van der Waals surface area contributed by atoms with Gasteiger partial charge in [0.15, 0.2) is 0 Å². The van der Waals surface area contributed by atoms with E-state index < -0.39 is 6.17 Å². The maximum atomic E-state index is 14.9. The minimum Gasteiger partial charge on any atom is -0.379 e. The van der Waals surface area contributed by atoms with E-state index in [1.165, 1.54) is 0 Å². The Bertz CT molecular complexity index is 1510. The molecule has 5 aromatic rings. The second-order valence-corrected chi connectivity index (χ2v) is 9.88. The molecule has 10 heteroatoms. The highest BCUT2D eigenvalue weighted by Crippen LogP contribution is 2.35. The maximum Gasteiger partial charge on any atom is 0.141 e. The standard InChI is InChI=1S/C25H25FN8S/c1-33-7-5-20(18(26)12-33)31-23-11-17-22(10-16(23)19-6-8-34(2)32-19)27-13-28-25(17)30-15-3-4-21-24(9-15)35-14-29-21/h3-4,6,8-11,13-14,18,20,31H,5,7,12H2,1-2H3,(H,27,28,30)/t18-,20+/m1/s1. The van der Waals surface area contributed by atoms with Gasteiger partial charge in [-0.05, 0) is 49.9 Å². The first kappa shape index (κ1) is 21.9. The molecule has 0 spiro atoms. The van der Waals surface area contributed by atoms with Crippen molar-refractivity contribution in [3.63, 3.8) is 0 Å².